The van der Waals surface area contributed by atoms with E-state index in [0.717, 1.165) is 22.4 Å². The summed E-state index contributed by atoms with van der Waals surface area (Å²) in [6, 6.07) is 24.0. The second kappa shape index (κ2) is 10.5. The van der Waals surface area contributed by atoms with Gasteiger partial charge in [-0.05, 0) is 54.1 Å². The summed E-state index contributed by atoms with van der Waals surface area (Å²) in [7, 11) is 1.60. The van der Waals surface area contributed by atoms with Crippen molar-refractivity contribution >= 4 is 23.7 Å². The molecule has 7 nitrogen and oxygen atoms in total. The lowest BCUT2D eigenvalue weighted by Gasteiger charge is -2.08. The Labute approximate surface area is 196 Å². The van der Waals surface area contributed by atoms with Crippen LogP contribution in [0.3, 0.4) is 0 Å². The van der Waals surface area contributed by atoms with Crippen molar-refractivity contribution in [3.63, 3.8) is 0 Å². The molecule has 0 bridgehead atoms. The zero-order valence-electron chi connectivity index (χ0n) is 17.8. The van der Waals surface area contributed by atoms with Crippen molar-refractivity contribution in [3.8, 4) is 22.8 Å². The highest BCUT2D eigenvalue weighted by molar-refractivity contribution is 6.31. The van der Waals surface area contributed by atoms with Crippen LogP contribution in [-0.2, 0) is 6.61 Å². The Balaban J connectivity index is 1.38. The highest BCUT2D eigenvalue weighted by Gasteiger charge is 2.11. The number of hydrogen-bond donors (Lipinski definition) is 2. The number of ether oxygens (including phenoxy) is 2. The molecule has 8 heteroatoms. The number of carbonyl (C=O) groups excluding carboxylic acids is 1. The molecule has 0 radical (unpaired) electrons. The predicted molar refractivity (Wildman–Crippen MR) is 128 cm³/mol. The lowest BCUT2D eigenvalue weighted by molar-refractivity contribution is 0.0950. The molecule has 2 N–H and O–H groups in total. The number of rotatable bonds is 8. The van der Waals surface area contributed by atoms with Gasteiger partial charge in [0.05, 0.1) is 19.0 Å². The minimum Gasteiger partial charge on any atom is -0.497 e. The van der Waals surface area contributed by atoms with Gasteiger partial charge >= 0.3 is 0 Å². The molecule has 4 aromatic rings. The minimum atomic E-state index is -0.398. The van der Waals surface area contributed by atoms with Gasteiger partial charge in [-0.25, -0.2) is 5.43 Å². The number of hydrogen-bond acceptors (Lipinski definition) is 5. The van der Waals surface area contributed by atoms with E-state index in [-0.39, 0.29) is 0 Å². The summed E-state index contributed by atoms with van der Waals surface area (Å²) in [5.41, 5.74) is 5.93. The number of amides is 1. The largest absolute Gasteiger partial charge is 0.497 e. The van der Waals surface area contributed by atoms with Gasteiger partial charge in [-0.2, -0.15) is 10.2 Å². The van der Waals surface area contributed by atoms with Crippen LogP contribution in [0, 0.1) is 0 Å². The Morgan fingerprint density at radius 3 is 2.67 bits per heavy atom. The van der Waals surface area contributed by atoms with Crippen LogP contribution in [0.15, 0.2) is 84.0 Å². The number of halogens is 1. The molecule has 1 aromatic heterocycles. The molecular formula is C25H21ClN4O3. The number of carbonyl (C=O) groups is 1. The second-order valence-electron chi connectivity index (χ2n) is 7.05. The first-order valence-corrected chi connectivity index (χ1v) is 10.5. The predicted octanol–water partition coefficient (Wildman–Crippen LogP) is 5.08. The molecule has 0 aliphatic carbocycles. The monoisotopic (exact) mass is 460 g/mol. The number of aromatic nitrogens is 2. The van der Waals surface area contributed by atoms with Crippen molar-refractivity contribution in [1.82, 2.24) is 15.6 Å². The van der Waals surface area contributed by atoms with E-state index in [1.165, 1.54) is 0 Å². The molecule has 0 saturated heterocycles. The number of methoxy groups -OCH3 is 1. The number of benzene rings is 3. The van der Waals surface area contributed by atoms with Crippen LogP contribution in [0.5, 0.6) is 11.5 Å². The lowest BCUT2D eigenvalue weighted by atomic mass is 10.1. The Morgan fingerprint density at radius 2 is 1.88 bits per heavy atom. The Hall–Kier alpha value is -4.10. The molecule has 0 atom stereocenters. The molecule has 0 saturated carbocycles. The molecule has 0 aliphatic rings. The summed E-state index contributed by atoms with van der Waals surface area (Å²) < 4.78 is 11.0. The fourth-order valence-electron chi connectivity index (χ4n) is 3.02. The summed E-state index contributed by atoms with van der Waals surface area (Å²) in [4.78, 5) is 12.4. The topological polar surface area (TPSA) is 88.6 Å². The summed E-state index contributed by atoms with van der Waals surface area (Å²) in [5, 5.41) is 11.6. The Morgan fingerprint density at radius 1 is 1.06 bits per heavy atom. The summed E-state index contributed by atoms with van der Waals surface area (Å²) in [6.45, 7) is 0.351. The van der Waals surface area contributed by atoms with Gasteiger partial charge in [0.15, 0.2) is 0 Å². The van der Waals surface area contributed by atoms with Crippen LogP contribution in [0.2, 0.25) is 5.02 Å². The van der Waals surface area contributed by atoms with Crippen molar-refractivity contribution in [2.45, 2.75) is 6.61 Å². The van der Waals surface area contributed by atoms with E-state index in [2.05, 4.69) is 20.7 Å². The third kappa shape index (κ3) is 5.78. The van der Waals surface area contributed by atoms with Crippen molar-refractivity contribution in [3.05, 3.63) is 101 Å². The molecular weight excluding hydrogens is 440 g/mol. The van der Waals surface area contributed by atoms with Crippen LogP contribution in [-0.4, -0.2) is 29.4 Å². The fraction of sp³-hybridized carbons (Fsp3) is 0.0800. The minimum absolute atomic E-state index is 0.291. The van der Waals surface area contributed by atoms with Crippen molar-refractivity contribution < 1.29 is 14.3 Å². The summed E-state index contributed by atoms with van der Waals surface area (Å²) in [5.74, 6) is 1.02. The Kier molecular flexibility index (Phi) is 7.02. The van der Waals surface area contributed by atoms with Crippen LogP contribution in [0.1, 0.15) is 21.6 Å². The van der Waals surface area contributed by atoms with Gasteiger partial charge in [-0.15, -0.1) is 0 Å². The number of aromatic amines is 1. The molecule has 0 spiro atoms. The van der Waals surface area contributed by atoms with E-state index in [4.69, 9.17) is 21.1 Å². The van der Waals surface area contributed by atoms with Crippen molar-refractivity contribution in [1.29, 1.82) is 0 Å². The first-order valence-electron chi connectivity index (χ1n) is 10.1. The van der Waals surface area contributed by atoms with Gasteiger partial charge in [-0.3, -0.25) is 9.89 Å². The number of nitrogens with one attached hydrogen (secondary N) is 2. The van der Waals surface area contributed by atoms with Crippen LogP contribution >= 0.6 is 11.6 Å². The standard InChI is InChI=1S/C25H21ClN4O3/c1-32-20-11-9-17(10-12-20)15-27-30-25(31)24-14-23(28-29-24)18-6-4-7-21(13-18)33-16-19-5-2-3-8-22(19)26/h2-15H,16H2,1H3,(H,28,29)(H,30,31)/b27-15-. The average molecular weight is 461 g/mol. The third-order valence-corrected chi connectivity index (χ3v) is 5.17. The first-order chi connectivity index (χ1) is 16.1. The quantitative estimate of drug-likeness (QED) is 0.283. The van der Waals surface area contributed by atoms with E-state index in [0.29, 0.717) is 28.8 Å². The van der Waals surface area contributed by atoms with Gasteiger partial charge < -0.3 is 9.47 Å². The lowest BCUT2D eigenvalue weighted by Crippen LogP contribution is -2.17. The fourth-order valence-corrected chi connectivity index (χ4v) is 3.21. The second-order valence-corrected chi connectivity index (χ2v) is 7.45. The van der Waals surface area contributed by atoms with E-state index in [1.54, 1.807) is 19.4 Å². The van der Waals surface area contributed by atoms with Crippen molar-refractivity contribution in [2.24, 2.45) is 5.10 Å². The maximum absolute atomic E-state index is 12.4. The molecule has 0 fully saturated rings. The van der Waals surface area contributed by atoms with Gasteiger partial charge in [0.1, 0.15) is 23.8 Å². The first kappa shape index (κ1) is 22.1. The highest BCUT2D eigenvalue weighted by Crippen LogP contribution is 2.24. The number of H-pyrrole nitrogens is 1. The molecule has 0 aliphatic heterocycles. The van der Waals surface area contributed by atoms with Gasteiger partial charge in [0.2, 0.25) is 0 Å². The van der Waals surface area contributed by atoms with Gasteiger partial charge in [0.25, 0.3) is 5.91 Å². The molecule has 1 heterocycles. The van der Waals surface area contributed by atoms with Crippen LogP contribution < -0.4 is 14.9 Å². The van der Waals surface area contributed by atoms with Crippen molar-refractivity contribution in [2.75, 3.05) is 7.11 Å². The normalized spacial score (nSPS) is 10.8. The molecule has 3 aromatic carbocycles. The number of nitrogens with zero attached hydrogens (tertiary/aromatic N) is 2. The molecule has 4 rings (SSSR count). The third-order valence-electron chi connectivity index (χ3n) is 4.80. The smallest absolute Gasteiger partial charge is 0.289 e. The highest BCUT2D eigenvalue weighted by atomic mass is 35.5. The zero-order valence-corrected chi connectivity index (χ0v) is 18.5. The van der Waals surface area contributed by atoms with E-state index in [9.17, 15) is 4.79 Å². The molecule has 0 unspecified atom stereocenters. The van der Waals surface area contributed by atoms with E-state index < -0.39 is 5.91 Å². The van der Waals surface area contributed by atoms with E-state index in [1.807, 2.05) is 72.8 Å². The number of hydrazone groups is 1. The average Bonchev–Trinajstić information content (AvgIpc) is 3.35. The SMILES string of the molecule is COc1ccc(/C=N\NC(=O)c2cc(-c3cccc(OCc4ccccc4Cl)c3)n[nH]2)cc1. The maximum Gasteiger partial charge on any atom is 0.289 e. The van der Waals surface area contributed by atoms with Crippen LogP contribution in [0.4, 0.5) is 0 Å². The Bertz CT molecular complexity index is 1270. The van der Waals surface area contributed by atoms with E-state index >= 15 is 0 Å². The molecule has 33 heavy (non-hydrogen) atoms. The summed E-state index contributed by atoms with van der Waals surface area (Å²) in [6.07, 6.45) is 1.55. The molecule has 1 amide bonds. The summed E-state index contributed by atoms with van der Waals surface area (Å²) >= 11 is 6.19. The van der Waals surface area contributed by atoms with Crippen LogP contribution in [0.25, 0.3) is 11.3 Å². The van der Waals surface area contributed by atoms with Gasteiger partial charge in [-0.1, -0.05) is 41.9 Å². The maximum atomic E-state index is 12.4. The molecule has 166 valence electrons. The zero-order chi connectivity index (χ0) is 23.0. The van der Waals surface area contributed by atoms with Gasteiger partial charge in [0, 0.05) is 16.1 Å².